The zero-order chi connectivity index (χ0) is 14.9. The average molecular weight is 335 g/mol. The molecule has 1 aromatic carbocycles. The van der Waals surface area contributed by atoms with Gasteiger partial charge in [0.05, 0.1) is 27.9 Å². The van der Waals surface area contributed by atoms with Gasteiger partial charge in [0.15, 0.2) is 11.5 Å². The second-order valence-corrected chi connectivity index (χ2v) is 4.99. The lowest BCUT2D eigenvalue weighted by Gasteiger charge is -2.08. The summed E-state index contributed by atoms with van der Waals surface area (Å²) in [6.45, 7) is 0. The van der Waals surface area contributed by atoms with Crippen molar-refractivity contribution in [1.82, 2.24) is 4.98 Å². The highest BCUT2D eigenvalue weighted by molar-refractivity contribution is 6.44. The molecule has 20 heavy (non-hydrogen) atoms. The van der Waals surface area contributed by atoms with Crippen LogP contribution in [0.25, 0.3) is 11.3 Å². The maximum atomic E-state index is 13.5. The molecule has 0 unspecified atom stereocenters. The molecular formula is C13H7Cl3FNO2. The number of nitrogens with zero attached hydrogens (tertiary/aromatic N) is 1. The minimum Gasteiger partial charge on any atom is -0.464 e. The molecule has 2 aromatic rings. The van der Waals surface area contributed by atoms with Crippen molar-refractivity contribution in [3.8, 4) is 11.3 Å². The molecule has 2 rings (SSSR count). The van der Waals surface area contributed by atoms with Crippen molar-refractivity contribution in [2.75, 3.05) is 7.11 Å². The van der Waals surface area contributed by atoms with E-state index in [1.54, 1.807) is 0 Å². The Morgan fingerprint density at radius 3 is 2.45 bits per heavy atom. The fourth-order valence-corrected chi connectivity index (χ4v) is 2.19. The molecule has 0 spiro atoms. The molecule has 0 fully saturated rings. The zero-order valence-corrected chi connectivity index (χ0v) is 12.4. The van der Waals surface area contributed by atoms with Gasteiger partial charge in [0.1, 0.15) is 0 Å². The van der Waals surface area contributed by atoms with Crippen molar-refractivity contribution in [1.29, 1.82) is 0 Å². The van der Waals surface area contributed by atoms with E-state index in [0.29, 0.717) is 5.56 Å². The maximum Gasteiger partial charge on any atom is 0.359 e. The summed E-state index contributed by atoms with van der Waals surface area (Å²) in [5, 5.41) is 0.849. The summed E-state index contributed by atoms with van der Waals surface area (Å²) < 4.78 is 18.0. The lowest BCUT2D eigenvalue weighted by Crippen LogP contribution is -2.08. The summed E-state index contributed by atoms with van der Waals surface area (Å²) >= 11 is 17.8. The third-order valence-corrected chi connectivity index (χ3v) is 3.55. The number of halogens is 4. The van der Waals surface area contributed by atoms with Crippen LogP contribution in [0.3, 0.4) is 0 Å². The number of hydrogen-bond donors (Lipinski definition) is 0. The Balaban J connectivity index is 2.59. The largest absolute Gasteiger partial charge is 0.464 e. The van der Waals surface area contributed by atoms with Crippen molar-refractivity contribution in [3.05, 3.63) is 50.8 Å². The van der Waals surface area contributed by atoms with Crippen LogP contribution in [0.5, 0.6) is 0 Å². The molecule has 3 nitrogen and oxygen atoms in total. The van der Waals surface area contributed by atoms with Crippen LogP contribution in [0.4, 0.5) is 4.39 Å². The summed E-state index contributed by atoms with van der Waals surface area (Å²) in [5.41, 5.74) is 0.300. The van der Waals surface area contributed by atoms with Gasteiger partial charge in [-0.1, -0.05) is 34.8 Å². The first-order valence-corrected chi connectivity index (χ1v) is 6.47. The third-order valence-electron chi connectivity index (χ3n) is 2.51. The number of rotatable bonds is 2. The molecule has 0 saturated heterocycles. The Morgan fingerprint density at radius 2 is 1.80 bits per heavy atom. The summed E-state index contributed by atoms with van der Waals surface area (Å²) in [6.07, 6.45) is 0. The minimum absolute atomic E-state index is 0.275. The van der Waals surface area contributed by atoms with Gasteiger partial charge in [-0.3, -0.25) is 0 Å². The van der Waals surface area contributed by atoms with Crippen molar-refractivity contribution in [2.45, 2.75) is 0 Å². The van der Waals surface area contributed by atoms with Crippen LogP contribution in [0.15, 0.2) is 24.3 Å². The number of hydrogen-bond acceptors (Lipinski definition) is 3. The number of aromatic nitrogens is 1. The van der Waals surface area contributed by atoms with Crippen molar-refractivity contribution in [3.63, 3.8) is 0 Å². The van der Waals surface area contributed by atoms with Crippen molar-refractivity contribution in [2.24, 2.45) is 0 Å². The minimum atomic E-state index is -0.875. The summed E-state index contributed by atoms with van der Waals surface area (Å²) in [4.78, 5) is 15.3. The van der Waals surface area contributed by atoms with Crippen molar-refractivity contribution < 1.29 is 13.9 Å². The van der Waals surface area contributed by atoms with E-state index >= 15 is 0 Å². The van der Waals surface area contributed by atoms with E-state index in [-0.39, 0.29) is 20.8 Å². The van der Waals surface area contributed by atoms with Crippen LogP contribution in [0, 0.1) is 5.82 Å². The van der Waals surface area contributed by atoms with Crippen LogP contribution in [0.1, 0.15) is 10.5 Å². The van der Waals surface area contributed by atoms with Gasteiger partial charge in [-0.2, -0.15) is 0 Å². The monoisotopic (exact) mass is 333 g/mol. The van der Waals surface area contributed by atoms with E-state index in [1.807, 2.05) is 0 Å². The molecular weight excluding hydrogens is 328 g/mol. The molecule has 0 amide bonds. The fraction of sp³-hybridized carbons (Fsp3) is 0.0769. The number of benzene rings is 1. The highest BCUT2D eigenvalue weighted by Crippen LogP contribution is 2.34. The summed E-state index contributed by atoms with van der Waals surface area (Å²) in [5.74, 6) is -1.66. The highest BCUT2D eigenvalue weighted by Gasteiger charge is 2.17. The van der Waals surface area contributed by atoms with Gasteiger partial charge in [0.2, 0.25) is 0 Å². The lowest BCUT2D eigenvalue weighted by molar-refractivity contribution is 0.0588. The molecule has 1 heterocycles. The average Bonchev–Trinajstić information content (AvgIpc) is 2.43. The smallest absolute Gasteiger partial charge is 0.359 e. The first-order valence-electron chi connectivity index (χ1n) is 5.34. The number of esters is 1. The predicted octanol–water partition coefficient (Wildman–Crippen LogP) is 4.63. The highest BCUT2D eigenvalue weighted by atomic mass is 35.5. The quantitative estimate of drug-likeness (QED) is 0.593. The topological polar surface area (TPSA) is 39.2 Å². The first-order chi connectivity index (χ1) is 9.43. The fourth-order valence-electron chi connectivity index (χ4n) is 1.55. The molecule has 0 N–H and O–H groups in total. The van der Waals surface area contributed by atoms with E-state index in [9.17, 15) is 9.18 Å². The van der Waals surface area contributed by atoms with E-state index in [2.05, 4.69) is 9.72 Å². The van der Waals surface area contributed by atoms with Gasteiger partial charge in [-0.15, -0.1) is 0 Å². The maximum absolute atomic E-state index is 13.5. The molecule has 0 aliphatic rings. The number of ether oxygens (including phenoxy) is 1. The van der Waals surface area contributed by atoms with Crippen LogP contribution >= 0.6 is 34.8 Å². The Kier molecular flexibility index (Phi) is 4.48. The number of carbonyl (C=O) groups excluding carboxylic acids is 1. The summed E-state index contributed by atoms with van der Waals surface area (Å²) in [6, 6.07) is 5.43. The number of carbonyl (C=O) groups is 1. The normalized spacial score (nSPS) is 10.4. The molecule has 0 radical (unpaired) electrons. The van der Waals surface area contributed by atoms with E-state index < -0.39 is 17.5 Å². The van der Waals surface area contributed by atoms with Gasteiger partial charge in [0, 0.05) is 5.56 Å². The van der Waals surface area contributed by atoms with E-state index in [1.165, 1.54) is 18.2 Å². The summed E-state index contributed by atoms with van der Waals surface area (Å²) in [7, 11) is 1.14. The van der Waals surface area contributed by atoms with Gasteiger partial charge in [-0.25, -0.2) is 14.2 Å². The van der Waals surface area contributed by atoms with Crippen LogP contribution in [-0.2, 0) is 4.74 Å². The predicted molar refractivity (Wildman–Crippen MR) is 76.0 cm³/mol. The Bertz CT molecular complexity index is 692. The molecule has 0 aliphatic carbocycles. The molecule has 0 saturated carbocycles. The number of methoxy groups -OCH3 is 1. The molecule has 1 aromatic heterocycles. The molecule has 7 heteroatoms. The van der Waals surface area contributed by atoms with Crippen LogP contribution < -0.4 is 0 Å². The van der Waals surface area contributed by atoms with Crippen LogP contribution in [0.2, 0.25) is 15.1 Å². The van der Waals surface area contributed by atoms with Gasteiger partial charge < -0.3 is 4.74 Å². The Labute approximate surface area is 129 Å². The van der Waals surface area contributed by atoms with E-state index in [0.717, 1.165) is 13.2 Å². The lowest BCUT2D eigenvalue weighted by atomic mass is 10.1. The van der Waals surface area contributed by atoms with Gasteiger partial charge in [-0.05, 0) is 24.3 Å². The molecule has 0 atom stereocenters. The van der Waals surface area contributed by atoms with Crippen molar-refractivity contribution >= 4 is 40.8 Å². The molecule has 0 bridgehead atoms. The first kappa shape index (κ1) is 15.0. The third kappa shape index (κ3) is 2.87. The van der Waals surface area contributed by atoms with Gasteiger partial charge in [0.25, 0.3) is 0 Å². The van der Waals surface area contributed by atoms with Gasteiger partial charge >= 0.3 is 5.97 Å². The van der Waals surface area contributed by atoms with Crippen LogP contribution in [-0.4, -0.2) is 18.1 Å². The number of pyridine rings is 1. The second kappa shape index (κ2) is 5.95. The molecule has 0 aliphatic heterocycles. The Hall–Kier alpha value is -1.36. The van der Waals surface area contributed by atoms with E-state index in [4.69, 9.17) is 34.8 Å². The second-order valence-electron chi connectivity index (χ2n) is 3.76. The SMILES string of the molecule is COC(=O)c1nc(-c2cc(Cl)c(Cl)cc2Cl)ccc1F. The zero-order valence-electron chi connectivity index (χ0n) is 10.1. The Morgan fingerprint density at radius 1 is 1.15 bits per heavy atom. The standard InChI is InChI=1S/C13H7Cl3FNO2/c1-20-13(19)12-10(17)2-3-11(18-12)6-4-8(15)9(16)5-7(6)14/h2-5H,1H3. The molecule has 104 valence electrons.